The summed E-state index contributed by atoms with van der Waals surface area (Å²) in [5.41, 5.74) is 8.25. The van der Waals surface area contributed by atoms with E-state index in [1.165, 1.54) is 24.3 Å². The summed E-state index contributed by atoms with van der Waals surface area (Å²) >= 11 is 5.91. The van der Waals surface area contributed by atoms with Gasteiger partial charge in [-0.25, -0.2) is 13.1 Å². The maximum absolute atomic E-state index is 12.8. The molecule has 1 heterocycles. The number of nitrogens with one attached hydrogen (secondary N) is 4. The minimum absolute atomic E-state index is 0.0481. The standard InChI is InChI=1S/C18H15ClN10O2S/c19-16-24-17(23-11-5-2-1-3-6-11)26-18(25-16)29-32(30,31)13-8-4-7-12(9-13)27-28-14(10-20)15(21)22/h1-9,27H,(H3,21,22)(H2,23,24,25,26,29)/b28-14+. The third kappa shape index (κ3) is 5.88. The minimum Gasteiger partial charge on any atom is -0.382 e. The third-order valence-corrected chi connectivity index (χ3v) is 5.16. The summed E-state index contributed by atoms with van der Waals surface area (Å²) in [6, 6.07) is 16.2. The minimum atomic E-state index is -4.11. The molecule has 0 radical (unpaired) electrons. The van der Waals surface area contributed by atoms with Crippen LogP contribution in [0.25, 0.3) is 0 Å². The zero-order valence-electron chi connectivity index (χ0n) is 16.1. The smallest absolute Gasteiger partial charge is 0.264 e. The molecule has 162 valence electrons. The number of sulfonamides is 1. The number of hydrogen-bond donors (Lipinski definition) is 5. The fraction of sp³-hybridized carbons (Fsp3) is 0. The van der Waals surface area contributed by atoms with Gasteiger partial charge < -0.3 is 11.1 Å². The van der Waals surface area contributed by atoms with Crippen molar-refractivity contribution in [3.63, 3.8) is 0 Å². The van der Waals surface area contributed by atoms with E-state index in [0.29, 0.717) is 5.69 Å². The van der Waals surface area contributed by atoms with Crippen molar-refractivity contribution in [2.75, 3.05) is 15.5 Å². The van der Waals surface area contributed by atoms with Crippen LogP contribution in [0, 0.1) is 16.7 Å². The van der Waals surface area contributed by atoms with Gasteiger partial charge in [-0.1, -0.05) is 24.3 Å². The first-order chi connectivity index (χ1) is 15.3. The lowest BCUT2D eigenvalue weighted by Crippen LogP contribution is -2.22. The van der Waals surface area contributed by atoms with Crippen molar-refractivity contribution >= 4 is 56.4 Å². The van der Waals surface area contributed by atoms with Gasteiger partial charge in [0.2, 0.25) is 22.9 Å². The molecule has 32 heavy (non-hydrogen) atoms. The quantitative estimate of drug-likeness (QED) is 0.186. The van der Waals surface area contributed by atoms with Gasteiger partial charge in [0.15, 0.2) is 5.84 Å². The number of amidine groups is 1. The summed E-state index contributed by atoms with van der Waals surface area (Å²) in [6.07, 6.45) is 0. The Bertz CT molecular complexity index is 1320. The number of nitrogens with zero attached hydrogens (tertiary/aromatic N) is 5. The Morgan fingerprint density at radius 3 is 2.44 bits per heavy atom. The number of rotatable bonds is 8. The second-order valence-electron chi connectivity index (χ2n) is 5.97. The second-order valence-corrected chi connectivity index (χ2v) is 7.99. The number of anilines is 4. The molecule has 14 heteroatoms. The number of aromatic nitrogens is 3. The van der Waals surface area contributed by atoms with E-state index in [-0.39, 0.29) is 33.5 Å². The van der Waals surface area contributed by atoms with Gasteiger partial charge in [-0.15, -0.1) is 0 Å². The molecule has 0 aliphatic heterocycles. The van der Waals surface area contributed by atoms with E-state index < -0.39 is 15.9 Å². The number of nitrogens with two attached hydrogens (primary N) is 1. The maximum Gasteiger partial charge on any atom is 0.264 e. The topological polar surface area (TPSA) is 195 Å². The Kier molecular flexibility index (Phi) is 6.78. The summed E-state index contributed by atoms with van der Waals surface area (Å²) in [5.74, 6) is -0.771. The monoisotopic (exact) mass is 470 g/mol. The highest BCUT2D eigenvalue weighted by molar-refractivity contribution is 7.92. The summed E-state index contributed by atoms with van der Waals surface area (Å²) in [7, 11) is -4.11. The predicted molar refractivity (Wildman–Crippen MR) is 120 cm³/mol. The molecule has 2 aromatic carbocycles. The van der Waals surface area contributed by atoms with Crippen LogP contribution in [0.5, 0.6) is 0 Å². The molecular weight excluding hydrogens is 456 g/mol. The molecule has 12 nitrogen and oxygen atoms in total. The highest BCUT2D eigenvalue weighted by Crippen LogP contribution is 2.20. The number of halogens is 1. The highest BCUT2D eigenvalue weighted by Gasteiger charge is 2.18. The zero-order chi connectivity index (χ0) is 23.1. The van der Waals surface area contributed by atoms with E-state index in [9.17, 15) is 8.42 Å². The first-order valence-corrected chi connectivity index (χ1v) is 10.6. The van der Waals surface area contributed by atoms with Gasteiger partial charge in [0.1, 0.15) is 6.07 Å². The van der Waals surface area contributed by atoms with Gasteiger partial charge in [-0.2, -0.15) is 25.3 Å². The predicted octanol–water partition coefficient (Wildman–Crippen LogP) is 2.30. The van der Waals surface area contributed by atoms with Crippen molar-refractivity contribution in [3.05, 3.63) is 59.9 Å². The molecule has 0 spiro atoms. The molecule has 0 aliphatic carbocycles. The zero-order valence-corrected chi connectivity index (χ0v) is 17.7. The molecule has 3 aromatic rings. The second kappa shape index (κ2) is 9.69. The summed E-state index contributed by atoms with van der Waals surface area (Å²) < 4.78 is 27.8. The van der Waals surface area contributed by atoms with Gasteiger partial charge in [-0.3, -0.25) is 10.8 Å². The van der Waals surface area contributed by atoms with Crippen LogP contribution in [-0.2, 0) is 10.0 Å². The van der Waals surface area contributed by atoms with Crippen molar-refractivity contribution in [2.24, 2.45) is 10.8 Å². The van der Waals surface area contributed by atoms with E-state index in [2.05, 4.69) is 35.5 Å². The lowest BCUT2D eigenvalue weighted by Gasteiger charge is -2.10. The Balaban J connectivity index is 1.82. The number of nitriles is 1. The van der Waals surface area contributed by atoms with E-state index in [0.717, 1.165) is 0 Å². The lowest BCUT2D eigenvalue weighted by atomic mass is 10.3. The van der Waals surface area contributed by atoms with Crippen LogP contribution in [0.4, 0.5) is 23.3 Å². The van der Waals surface area contributed by atoms with Crippen molar-refractivity contribution in [1.82, 2.24) is 15.0 Å². The van der Waals surface area contributed by atoms with E-state index in [1.807, 2.05) is 6.07 Å². The molecule has 6 N–H and O–H groups in total. The Labute approximate surface area is 187 Å². The molecule has 0 aliphatic rings. The molecule has 0 bridgehead atoms. The van der Waals surface area contributed by atoms with Crippen LogP contribution >= 0.6 is 11.6 Å². The van der Waals surface area contributed by atoms with Gasteiger partial charge >= 0.3 is 0 Å². The molecule has 1 aromatic heterocycles. The van der Waals surface area contributed by atoms with Crippen molar-refractivity contribution in [1.29, 1.82) is 10.7 Å². The fourth-order valence-electron chi connectivity index (χ4n) is 2.28. The highest BCUT2D eigenvalue weighted by atomic mass is 35.5. The van der Waals surface area contributed by atoms with Crippen LogP contribution in [0.1, 0.15) is 0 Å². The molecule has 0 saturated carbocycles. The number of para-hydroxylation sites is 1. The molecule has 0 fully saturated rings. The van der Waals surface area contributed by atoms with Crippen LogP contribution in [0.15, 0.2) is 64.6 Å². The summed E-state index contributed by atoms with van der Waals surface area (Å²) in [4.78, 5) is 11.6. The van der Waals surface area contributed by atoms with Gasteiger partial charge in [-0.05, 0) is 41.9 Å². The molecule has 0 atom stereocenters. The molecule has 3 rings (SSSR count). The SMILES string of the molecule is N#C/C(=N\Nc1cccc(S(=O)(=O)Nc2nc(Cl)nc(Nc3ccccc3)n2)c1)C(=N)N. The van der Waals surface area contributed by atoms with E-state index in [1.54, 1.807) is 30.3 Å². The molecule has 0 saturated heterocycles. The van der Waals surface area contributed by atoms with Gasteiger partial charge in [0.05, 0.1) is 10.6 Å². The molecule has 0 amide bonds. The Morgan fingerprint density at radius 1 is 1.06 bits per heavy atom. The third-order valence-electron chi connectivity index (χ3n) is 3.67. The van der Waals surface area contributed by atoms with Gasteiger partial charge in [0, 0.05) is 5.69 Å². The van der Waals surface area contributed by atoms with Crippen LogP contribution in [0.2, 0.25) is 5.28 Å². The van der Waals surface area contributed by atoms with Gasteiger partial charge in [0.25, 0.3) is 10.0 Å². The van der Waals surface area contributed by atoms with Crippen molar-refractivity contribution in [3.8, 4) is 6.07 Å². The number of hydrogen-bond acceptors (Lipinski definition) is 10. The molecular formula is C18H15ClN10O2S. The van der Waals surface area contributed by atoms with E-state index in [4.69, 9.17) is 28.0 Å². The van der Waals surface area contributed by atoms with Crippen LogP contribution in [0.3, 0.4) is 0 Å². The maximum atomic E-state index is 12.8. The average molecular weight is 471 g/mol. The van der Waals surface area contributed by atoms with E-state index >= 15 is 0 Å². The summed E-state index contributed by atoms with van der Waals surface area (Å²) in [6.45, 7) is 0. The summed E-state index contributed by atoms with van der Waals surface area (Å²) in [5, 5.41) is 22.5. The van der Waals surface area contributed by atoms with Crippen molar-refractivity contribution in [2.45, 2.75) is 4.90 Å². The largest absolute Gasteiger partial charge is 0.382 e. The molecule has 0 unspecified atom stereocenters. The van der Waals surface area contributed by atoms with Crippen LogP contribution in [-0.4, -0.2) is 34.9 Å². The Hall–Kier alpha value is -4.28. The fourth-order valence-corrected chi connectivity index (χ4v) is 3.43. The first-order valence-electron chi connectivity index (χ1n) is 8.71. The number of benzene rings is 2. The first kappa shape index (κ1) is 22.4. The average Bonchev–Trinajstić information content (AvgIpc) is 2.74. The lowest BCUT2D eigenvalue weighted by molar-refractivity contribution is 0.601. The normalized spacial score (nSPS) is 11.3. The van der Waals surface area contributed by atoms with Crippen molar-refractivity contribution < 1.29 is 8.42 Å². The Morgan fingerprint density at radius 2 is 1.75 bits per heavy atom. The van der Waals surface area contributed by atoms with Crippen LogP contribution < -0.4 is 21.2 Å². The number of hydrazone groups is 1.